The quantitative estimate of drug-likeness (QED) is 0.523. The predicted molar refractivity (Wildman–Crippen MR) is 120 cm³/mol. The van der Waals surface area contributed by atoms with Gasteiger partial charge in [0.2, 0.25) is 5.91 Å². The van der Waals surface area contributed by atoms with Crippen molar-refractivity contribution in [3.8, 4) is 11.8 Å². The van der Waals surface area contributed by atoms with E-state index in [0.29, 0.717) is 24.1 Å². The summed E-state index contributed by atoms with van der Waals surface area (Å²) in [6, 6.07) is 5.51. The second-order valence-corrected chi connectivity index (χ2v) is 9.49. The number of ether oxygens (including phenoxy) is 1. The average Bonchev–Trinajstić information content (AvgIpc) is 3.43. The molecule has 2 fully saturated rings. The first-order valence-electron chi connectivity index (χ1n) is 11.6. The van der Waals surface area contributed by atoms with Gasteiger partial charge in [0.15, 0.2) is 0 Å². The summed E-state index contributed by atoms with van der Waals surface area (Å²) < 4.78 is 41.5. The molecule has 35 heavy (non-hydrogen) atoms. The lowest BCUT2D eigenvalue weighted by atomic mass is 9.96. The Hall–Kier alpha value is -2.84. The number of rotatable bonds is 9. The van der Waals surface area contributed by atoms with Gasteiger partial charge >= 0.3 is 6.36 Å². The van der Waals surface area contributed by atoms with E-state index in [1.807, 2.05) is 0 Å². The highest BCUT2D eigenvalue weighted by atomic mass is 35.5. The molecule has 2 saturated carbocycles. The van der Waals surface area contributed by atoms with Crippen molar-refractivity contribution in [2.24, 2.45) is 0 Å². The molecule has 0 radical (unpaired) electrons. The number of carbonyl (C=O) groups is 1. The molecule has 2 aliphatic carbocycles. The maximum absolute atomic E-state index is 13.0. The highest BCUT2D eigenvalue weighted by Gasteiger charge is 2.45. The summed E-state index contributed by atoms with van der Waals surface area (Å²) in [5.74, 6) is -0.895. The zero-order valence-electron chi connectivity index (χ0n) is 18.9. The summed E-state index contributed by atoms with van der Waals surface area (Å²) >= 11 is 5.98. The van der Waals surface area contributed by atoms with E-state index in [1.54, 1.807) is 11.0 Å². The Balaban J connectivity index is 1.44. The number of nitrogens with one attached hydrogen (secondary N) is 2. The van der Waals surface area contributed by atoms with Crippen LogP contribution in [0.3, 0.4) is 0 Å². The number of nitrogens with zero attached hydrogens (tertiary/aromatic N) is 4. The Labute approximate surface area is 205 Å². The van der Waals surface area contributed by atoms with Crippen LogP contribution in [0.15, 0.2) is 24.4 Å². The number of alkyl halides is 3. The molecule has 2 aromatic rings. The van der Waals surface area contributed by atoms with E-state index < -0.39 is 23.7 Å². The van der Waals surface area contributed by atoms with Gasteiger partial charge in [-0.15, -0.1) is 13.2 Å². The number of amides is 1. The van der Waals surface area contributed by atoms with E-state index in [-0.39, 0.29) is 29.9 Å². The molecule has 0 bridgehead atoms. The van der Waals surface area contributed by atoms with Crippen LogP contribution in [0.4, 0.5) is 13.2 Å². The third-order valence-corrected chi connectivity index (χ3v) is 6.59. The molecule has 2 N–H and O–H groups in total. The van der Waals surface area contributed by atoms with Crippen LogP contribution in [0.5, 0.6) is 5.75 Å². The van der Waals surface area contributed by atoms with Crippen molar-refractivity contribution in [2.75, 3.05) is 0 Å². The molecule has 1 amide bonds. The third-order valence-electron chi connectivity index (χ3n) is 6.29. The molecule has 0 saturated heterocycles. The maximum atomic E-state index is 13.0. The minimum absolute atomic E-state index is 0.135. The van der Waals surface area contributed by atoms with Crippen LogP contribution < -0.4 is 15.4 Å². The van der Waals surface area contributed by atoms with Gasteiger partial charge < -0.3 is 10.1 Å². The van der Waals surface area contributed by atoms with Crippen LogP contribution in [-0.2, 0) is 17.8 Å². The molecule has 0 aliphatic heterocycles. The minimum atomic E-state index is -4.86. The van der Waals surface area contributed by atoms with Gasteiger partial charge in [0.25, 0.3) is 0 Å². The number of hydrogen-bond donors (Lipinski definition) is 2. The lowest BCUT2D eigenvalue weighted by Gasteiger charge is -2.21. The largest absolute Gasteiger partial charge is 0.573 e. The summed E-state index contributed by atoms with van der Waals surface area (Å²) in [6.07, 6.45) is 3.69. The first-order valence-corrected chi connectivity index (χ1v) is 12.0. The summed E-state index contributed by atoms with van der Waals surface area (Å²) in [5, 5.41) is 24.0. The van der Waals surface area contributed by atoms with Crippen LogP contribution in [0.25, 0.3) is 0 Å². The first kappa shape index (κ1) is 25.3. The van der Waals surface area contributed by atoms with Gasteiger partial charge in [0.1, 0.15) is 11.3 Å². The monoisotopic (exact) mass is 510 g/mol. The predicted octanol–water partition coefficient (Wildman–Crippen LogP) is 4.21. The average molecular weight is 511 g/mol. The molecule has 1 heterocycles. The highest BCUT2D eigenvalue weighted by molar-refractivity contribution is 6.32. The molecule has 2 aliphatic rings. The zero-order chi connectivity index (χ0) is 25.1. The molecule has 188 valence electrons. The SMILES string of the molecule is N#CC1(NC(=O)[C@H](Cc2ccc(OC(F)(F)F)c(Cl)c2)NCc2cnn(C3CCCCC3)n2)CC1. The van der Waals surface area contributed by atoms with Crippen molar-refractivity contribution < 1.29 is 22.7 Å². The van der Waals surface area contributed by atoms with Gasteiger partial charge in [0.05, 0.1) is 35.1 Å². The molecular weight excluding hydrogens is 485 g/mol. The summed E-state index contributed by atoms with van der Waals surface area (Å²) in [5.41, 5.74) is 0.343. The number of carbonyl (C=O) groups excluding carboxylic acids is 1. The van der Waals surface area contributed by atoms with Gasteiger partial charge in [-0.2, -0.15) is 20.3 Å². The molecule has 0 spiro atoms. The van der Waals surface area contributed by atoms with Gasteiger partial charge in [-0.05, 0) is 49.8 Å². The van der Waals surface area contributed by atoms with Crippen molar-refractivity contribution >= 4 is 17.5 Å². The first-order chi connectivity index (χ1) is 16.7. The van der Waals surface area contributed by atoms with E-state index in [0.717, 1.165) is 31.7 Å². The number of halogens is 4. The fourth-order valence-electron chi connectivity index (χ4n) is 4.19. The van der Waals surface area contributed by atoms with Crippen LogP contribution >= 0.6 is 11.6 Å². The van der Waals surface area contributed by atoms with E-state index in [9.17, 15) is 23.2 Å². The zero-order valence-corrected chi connectivity index (χ0v) is 19.7. The van der Waals surface area contributed by atoms with Gasteiger partial charge in [-0.25, -0.2) is 0 Å². The topological polar surface area (TPSA) is 105 Å². The summed E-state index contributed by atoms with van der Waals surface area (Å²) in [6.45, 7) is 0.257. The van der Waals surface area contributed by atoms with Crippen LogP contribution in [0.2, 0.25) is 5.02 Å². The lowest BCUT2D eigenvalue weighted by Crippen LogP contribution is -2.49. The number of aromatic nitrogens is 3. The number of benzene rings is 1. The van der Waals surface area contributed by atoms with Gasteiger partial charge in [0, 0.05) is 6.54 Å². The Morgan fingerprint density at radius 1 is 1.31 bits per heavy atom. The van der Waals surface area contributed by atoms with E-state index >= 15 is 0 Å². The Bertz CT molecular complexity index is 1090. The van der Waals surface area contributed by atoms with Crippen molar-refractivity contribution in [2.45, 2.75) is 81.9 Å². The molecule has 8 nitrogen and oxygen atoms in total. The van der Waals surface area contributed by atoms with Gasteiger partial charge in [-0.1, -0.05) is 36.9 Å². The number of nitriles is 1. The summed E-state index contributed by atoms with van der Waals surface area (Å²) in [4.78, 5) is 14.7. The van der Waals surface area contributed by atoms with Crippen LogP contribution in [0, 0.1) is 11.3 Å². The standard InChI is InChI=1S/C23H26ClF3N6O2/c24-18-10-15(6-7-20(18)35-23(25,26)27)11-19(21(34)31-22(14-28)8-9-22)29-12-16-13-30-33(32-16)17-4-2-1-3-5-17/h6-7,10,13,17,19,29H,1-5,8-9,11-12H2,(H,31,34)/t19-/m0/s1. The van der Waals surface area contributed by atoms with Crippen LogP contribution in [0.1, 0.15) is 62.2 Å². The highest BCUT2D eigenvalue weighted by Crippen LogP contribution is 2.35. The molecule has 1 aromatic heterocycles. The molecule has 1 aromatic carbocycles. The lowest BCUT2D eigenvalue weighted by molar-refractivity contribution is -0.274. The van der Waals surface area contributed by atoms with Crippen molar-refractivity contribution in [3.63, 3.8) is 0 Å². The fraction of sp³-hybridized carbons (Fsp3) is 0.565. The van der Waals surface area contributed by atoms with Gasteiger partial charge in [-0.3, -0.25) is 10.1 Å². The van der Waals surface area contributed by atoms with Crippen LogP contribution in [-0.4, -0.2) is 38.8 Å². The second-order valence-electron chi connectivity index (χ2n) is 9.08. The Morgan fingerprint density at radius 2 is 2.06 bits per heavy atom. The minimum Gasteiger partial charge on any atom is -0.404 e. The molecule has 1 atom stereocenters. The normalized spacial score (nSPS) is 18.5. The van der Waals surface area contributed by atoms with E-state index in [2.05, 4.69) is 31.6 Å². The number of hydrogen-bond acceptors (Lipinski definition) is 6. The fourth-order valence-corrected chi connectivity index (χ4v) is 4.43. The molecule has 12 heteroatoms. The Morgan fingerprint density at radius 3 is 2.69 bits per heavy atom. The van der Waals surface area contributed by atoms with Crippen molar-refractivity contribution in [1.82, 2.24) is 25.6 Å². The molecule has 0 unspecified atom stereocenters. The summed E-state index contributed by atoms with van der Waals surface area (Å²) in [7, 11) is 0. The smallest absolute Gasteiger partial charge is 0.404 e. The van der Waals surface area contributed by atoms with Crippen molar-refractivity contribution in [1.29, 1.82) is 5.26 Å². The molecular formula is C23H26ClF3N6O2. The third kappa shape index (κ3) is 6.86. The van der Waals surface area contributed by atoms with Crippen molar-refractivity contribution in [3.05, 3.63) is 40.7 Å². The Kier molecular flexibility index (Phi) is 7.52. The molecule has 4 rings (SSSR count). The maximum Gasteiger partial charge on any atom is 0.573 e. The second kappa shape index (κ2) is 10.4. The van der Waals surface area contributed by atoms with E-state index in [4.69, 9.17) is 11.6 Å². The van der Waals surface area contributed by atoms with E-state index in [1.165, 1.54) is 18.6 Å².